The maximum atomic E-state index is 5.99. The average molecular weight is 288 g/mol. The standard InChI is InChI=1S/C16H36N2O2/c1-13(2)7-9-18(10-8-14(3)4)15(12-17)11-16(19-5)20-6/h13-16H,7-12,17H2,1-6H3. The lowest BCUT2D eigenvalue weighted by Gasteiger charge is -2.33. The Bertz CT molecular complexity index is 207. The van der Waals surface area contributed by atoms with Crippen LogP contribution in [0.4, 0.5) is 0 Å². The van der Waals surface area contributed by atoms with E-state index in [2.05, 4.69) is 32.6 Å². The van der Waals surface area contributed by atoms with Gasteiger partial charge in [0.15, 0.2) is 6.29 Å². The van der Waals surface area contributed by atoms with Crippen LogP contribution in [0.5, 0.6) is 0 Å². The van der Waals surface area contributed by atoms with Crippen molar-refractivity contribution in [3.8, 4) is 0 Å². The van der Waals surface area contributed by atoms with Crippen LogP contribution in [-0.2, 0) is 9.47 Å². The first-order chi connectivity index (χ1) is 9.44. The molecule has 0 radical (unpaired) electrons. The molecule has 4 nitrogen and oxygen atoms in total. The molecule has 0 aromatic heterocycles. The molecule has 0 heterocycles. The monoisotopic (exact) mass is 288 g/mol. The number of nitrogens with zero attached hydrogens (tertiary/aromatic N) is 1. The van der Waals surface area contributed by atoms with E-state index < -0.39 is 0 Å². The first kappa shape index (κ1) is 19.8. The lowest BCUT2D eigenvalue weighted by molar-refractivity contribution is -0.116. The molecule has 122 valence electrons. The summed E-state index contributed by atoms with van der Waals surface area (Å²) >= 11 is 0. The van der Waals surface area contributed by atoms with Crippen LogP contribution in [0.2, 0.25) is 0 Å². The SMILES string of the molecule is COC(CC(CN)N(CCC(C)C)CCC(C)C)OC. The fourth-order valence-electron chi connectivity index (χ4n) is 2.23. The molecule has 0 amide bonds. The van der Waals surface area contributed by atoms with Gasteiger partial charge in [-0.25, -0.2) is 0 Å². The third kappa shape index (κ3) is 8.90. The van der Waals surface area contributed by atoms with Gasteiger partial charge in [0.05, 0.1) is 0 Å². The molecule has 0 bridgehead atoms. The molecular formula is C16H36N2O2. The Balaban J connectivity index is 4.56. The minimum atomic E-state index is -0.163. The number of nitrogens with two attached hydrogens (primary N) is 1. The van der Waals surface area contributed by atoms with Gasteiger partial charge in [-0.15, -0.1) is 0 Å². The van der Waals surface area contributed by atoms with Gasteiger partial charge in [-0.1, -0.05) is 27.7 Å². The summed E-state index contributed by atoms with van der Waals surface area (Å²) in [7, 11) is 3.38. The van der Waals surface area contributed by atoms with Gasteiger partial charge < -0.3 is 15.2 Å². The summed E-state index contributed by atoms with van der Waals surface area (Å²) in [5.74, 6) is 1.44. The summed E-state index contributed by atoms with van der Waals surface area (Å²) < 4.78 is 10.7. The van der Waals surface area contributed by atoms with Crippen molar-refractivity contribution in [2.45, 2.75) is 59.3 Å². The lowest BCUT2D eigenvalue weighted by Crippen LogP contribution is -2.44. The third-order valence-electron chi connectivity index (χ3n) is 3.77. The molecule has 0 rings (SSSR count). The van der Waals surface area contributed by atoms with E-state index in [0.717, 1.165) is 31.3 Å². The van der Waals surface area contributed by atoms with Crippen LogP contribution < -0.4 is 5.73 Å². The fourth-order valence-corrected chi connectivity index (χ4v) is 2.23. The van der Waals surface area contributed by atoms with Crippen molar-refractivity contribution in [3.63, 3.8) is 0 Å². The second-order valence-corrected chi connectivity index (χ2v) is 6.43. The second kappa shape index (κ2) is 11.5. The van der Waals surface area contributed by atoms with Crippen molar-refractivity contribution in [1.29, 1.82) is 0 Å². The molecule has 0 spiro atoms. The van der Waals surface area contributed by atoms with Gasteiger partial charge in [0, 0.05) is 33.2 Å². The van der Waals surface area contributed by atoms with Gasteiger partial charge in [-0.05, 0) is 37.8 Å². The highest BCUT2D eigenvalue weighted by Gasteiger charge is 2.21. The summed E-state index contributed by atoms with van der Waals surface area (Å²) in [5.41, 5.74) is 5.99. The molecule has 20 heavy (non-hydrogen) atoms. The first-order valence-electron chi connectivity index (χ1n) is 7.94. The van der Waals surface area contributed by atoms with Gasteiger partial charge in [-0.3, -0.25) is 4.90 Å². The maximum Gasteiger partial charge on any atom is 0.158 e. The molecule has 0 fully saturated rings. The lowest BCUT2D eigenvalue weighted by atomic mass is 10.1. The van der Waals surface area contributed by atoms with Crippen LogP contribution in [0.25, 0.3) is 0 Å². The van der Waals surface area contributed by atoms with Crippen LogP contribution >= 0.6 is 0 Å². The molecule has 1 atom stereocenters. The topological polar surface area (TPSA) is 47.7 Å². The smallest absolute Gasteiger partial charge is 0.158 e. The summed E-state index contributed by atoms with van der Waals surface area (Å²) in [6, 6.07) is 0.331. The molecular weight excluding hydrogens is 252 g/mol. The molecule has 0 saturated carbocycles. The number of rotatable bonds is 12. The number of ether oxygens (including phenoxy) is 2. The molecule has 0 aromatic carbocycles. The van der Waals surface area contributed by atoms with Crippen molar-refractivity contribution >= 4 is 0 Å². The van der Waals surface area contributed by atoms with Crippen molar-refractivity contribution < 1.29 is 9.47 Å². The van der Waals surface area contributed by atoms with E-state index in [1.165, 1.54) is 12.8 Å². The minimum Gasteiger partial charge on any atom is -0.356 e. The Morgan fingerprint density at radius 3 is 1.65 bits per heavy atom. The Morgan fingerprint density at radius 1 is 0.900 bits per heavy atom. The quantitative estimate of drug-likeness (QED) is 0.561. The summed E-state index contributed by atoms with van der Waals surface area (Å²) in [5, 5.41) is 0. The van der Waals surface area contributed by atoms with Crippen molar-refractivity contribution in [2.75, 3.05) is 33.9 Å². The van der Waals surface area contributed by atoms with Crippen LogP contribution in [0.15, 0.2) is 0 Å². The van der Waals surface area contributed by atoms with Gasteiger partial charge >= 0.3 is 0 Å². The van der Waals surface area contributed by atoms with Crippen molar-refractivity contribution in [2.24, 2.45) is 17.6 Å². The maximum absolute atomic E-state index is 5.99. The van der Waals surface area contributed by atoms with Crippen molar-refractivity contribution in [3.05, 3.63) is 0 Å². The Hall–Kier alpha value is -0.160. The zero-order valence-corrected chi connectivity index (χ0v) is 14.4. The Labute approximate surface area is 126 Å². The van der Waals surface area contributed by atoms with Gasteiger partial charge in [0.25, 0.3) is 0 Å². The first-order valence-corrected chi connectivity index (χ1v) is 7.94. The Kier molecular flexibility index (Phi) is 11.4. The molecule has 0 saturated heterocycles. The van der Waals surface area contributed by atoms with E-state index in [-0.39, 0.29) is 6.29 Å². The van der Waals surface area contributed by atoms with Gasteiger partial charge in [-0.2, -0.15) is 0 Å². The van der Waals surface area contributed by atoms with E-state index in [9.17, 15) is 0 Å². The van der Waals surface area contributed by atoms with Crippen molar-refractivity contribution in [1.82, 2.24) is 4.90 Å². The molecule has 4 heteroatoms. The second-order valence-electron chi connectivity index (χ2n) is 6.43. The summed E-state index contributed by atoms with van der Waals surface area (Å²) in [4.78, 5) is 2.52. The van der Waals surface area contributed by atoms with Crippen LogP contribution in [0.3, 0.4) is 0 Å². The van der Waals surface area contributed by atoms with Crippen LogP contribution in [0, 0.1) is 11.8 Å². The normalized spacial score (nSPS) is 13.9. The predicted molar refractivity (Wildman–Crippen MR) is 85.7 cm³/mol. The fraction of sp³-hybridized carbons (Fsp3) is 1.00. The summed E-state index contributed by atoms with van der Waals surface area (Å²) in [6.45, 7) is 11.9. The molecule has 1 unspecified atom stereocenters. The Morgan fingerprint density at radius 2 is 1.35 bits per heavy atom. The minimum absolute atomic E-state index is 0.163. The average Bonchev–Trinajstić information content (AvgIpc) is 2.41. The third-order valence-corrected chi connectivity index (χ3v) is 3.77. The molecule has 0 aliphatic carbocycles. The highest BCUT2D eigenvalue weighted by atomic mass is 16.7. The number of hydrogen-bond acceptors (Lipinski definition) is 4. The highest BCUT2D eigenvalue weighted by Crippen LogP contribution is 2.14. The van der Waals surface area contributed by atoms with E-state index >= 15 is 0 Å². The largest absolute Gasteiger partial charge is 0.356 e. The number of methoxy groups -OCH3 is 2. The number of hydrogen-bond donors (Lipinski definition) is 1. The van der Waals surface area contributed by atoms with E-state index in [4.69, 9.17) is 15.2 Å². The van der Waals surface area contributed by atoms with E-state index in [1.54, 1.807) is 14.2 Å². The molecule has 0 aromatic rings. The summed E-state index contributed by atoms with van der Waals surface area (Å²) in [6.07, 6.45) is 3.09. The van der Waals surface area contributed by atoms with E-state index in [1.807, 2.05) is 0 Å². The van der Waals surface area contributed by atoms with Gasteiger partial charge in [0.2, 0.25) is 0 Å². The molecule has 0 aliphatic rings. The molecule has 0 aliphatic heterocycles. The zero-order valence-electron chi connectivity index (χ0n) is 14.4. The molecule has 2 N–H and O–H groups in total. The van der Waals surface area contributed by atoms with Crippen LogP contribution in [-0.4, -0.2) is 51.1 Å². The van der Waals surface area contributed by atoms with Crippen LogP contribution in [0.1, 0.15) is 47.0 Å². The highest BCUT2D eigenvalue weighted by molar-refractivity contribution is 4.75. The van der Waals surface area contributed by atoms with E-state index in [0.29, 0.717) is 12.6 Å². The zero-order chi connectivity index (χ0) is 15.5. The predicted octanol–water partition coefficient (Wildman–Crippen LogP) is 2.72. The van der Waals surface area contributed by atoms with Gasteiger partial charge in [0.1, 0.15) is 0 Å².